The zero-order chi connectivity index (χ0) is 15.4. The van der Waals surface area contributed by atoms with Crippen molar-refractivity contribution in [1.29, 1.82) is 0 Å². The van der Waals surface area contributed by atoms with Gasteiger partial charge in [-0.15, -0.1) is 0 Å². The van der Waals surface area contributed by atoms with Gasteiger partial charge in [-0.05, 0) is 24.3 Å². The van der Waals surface area contributed by atoms with Gasteiger partial charge in [-0.2, -0.15) is 0 Å². The summed E-state index contributed by atoms with van der Waals surface area (Å²) in [7, 11) is 1.44. The second-order valence-corrected chi connectivity index (χ2v) is 5.00. The number of rotatable bonds is 4. The summed E-state index contributed by atoms with van der Waals surface area (Å²) in [5.41, 5.74) is 0.844. The Kier molecular flexibility index (Phi) is 5.07. The summed E-state index contributed by atoms with van der Waals surface area (Å²) in [6.07, 6.45) is 0. The van der Waals surface area contributed by atoms with Crippen LogP contribution in [0.15, 0.2) is 42.5 Å². The molecule has 0 radical (unpaired) electrons. The van der Waals surface area contributed by atoms with Gasteiger partial charge in [-0.25, -0.2) is 0 Å². The van der Waals surface area contributed by atoms with Crippen molar-refractivity contribution in [3.63, 3.8) is 0 Å². The Hall–Kier alpha value is -1.75. The summed E-state index contributed by atoms with van der Waals surface area (Å²) in [5, 5.41) is 9.94. The number of carbonyl (C=O) groups excluding carboxylic acids is 1. The van der Waals surface area contributed by atoms with Crippen molar-refractivity contribution in [2.45, 2.75) is 0 Å². The highest BCUT2D eigenvalue weighted by Crippen LogP contribution is 2.34. The van der Waals surface area contributed by atoms with Crippen LogP contribution in [0.4, 0.5) is 5.69 Å². The molecule has 2 aromatic carbocycles. The molecule has 2 aromatic rings. The molecule has 21 heavy (non-hydrogen) atoms. The first-order valence-corrected chi connectivity index (χ1v) is 6.85. The molecule has 2 rings (SSSR count). The van der Waals surface area contributed by atoms with Gasteiger partial charge < -0.3 is 9.84 Å². The molecule has 0 aliphatic heterocycles. The number of hydrogen-bond acceptors (Lipinski definition) is 3. The molecule has 1 amide bonds. The van der Waals surface area contributed by atoms with E-state index in [1.807, 2.05) is 6.07 Å². The van der Waals surface area contributed by atoms with E-state index >= 15 is 0 Å². The van der Waals surface area contributed by atoms with Gasteiger partial charge in [-0.3, -0.25) is 9.69 Å². The third-order valence-corrected chi connectivity index (χ3v) is 3.47. The molecule has 0 fully saturated rings. The number of anilines is 1. The van der Waals surface area contributed by atoms with Gasteiger partial charge >= 0.3 is 0 Å². The number of halogens is 2. The number of amides is 1. The van der Waals surface area contributed by atoms with Crippen LogP contribution in [0.5, 0.6) is 5.75 Å². The minimum atomic E-state index is -0.454. The third-order valence-electron chi connectivity index (χ3n) is 2.90. The minimum Gasteiger partial charge on any atom is -0.494 e. The number of aliphatic hydroxyl groups is 1. The smallest absolute Gasteiger partial charge is 0.260 e. The summed E-state index contributed by atoms with van der Waals surface area (Å²) in [6.45, 7) is -0.454. The largest absolute Gasteiger partial charge is 0.494 e. The fourth-order valence-corrected chi connectivity index (χ4v) is 2.55. The first-order chi connectivity index (χ1) is 10.1. The Morgan fingerprint density at radius 3 is 2.24 bits per heavy atom. The Morgan fingerprint density at radius 2 is 1.76 bits per heavy atom. The zero-order valence-corrected chi connectivity index (χ0v) is 12.7. The number of hydrogen-bond donors (Lipinski definition) is 1. The SMILES string of the molecule is COc1c(Cl)cc(C(=O)N(CO)c2ccccc2)cc1Cl. The molecule has 0 aliphatic carbocycles. The standard InChI is InChI=1S/C15H13Cl2NO3/c1-21-14-12(16)7-10(8-13(14)17)15(20)18(9-19)11-5-3-2-4-6-11/h2-8,19H,9H2,1H3. The van der Waals surface area contributed by atoms with E-state index in [9.17, 15) is 9.90 Å². The van der Waals surface area contributed by atoms with E-state index in [0.717, 1.165) is 0 Å². The van der Waals surface area contributed by atoms with E-state index in [2.05, 4.69) is 0 Å². The van der Waals surface area contributed by atoms with Gasteiger partial charge in [-0.1, -0.05) is 41.4 Å². The van der Waals surface area contributed by atoms with Gasteiger partial charge in [0.05, 0.1) is 17.2 Å². The lowest BCUT2D eigenvalue weighted by Crippen LogP contribution is -2.31. The van der Waals surface area contributed by atoms with Crippen molar-refractivity contribution < 1.29 is 14.6 Å². The van der Waals surface area contributed by atoms with Gasteiger partial charge in [0.2, 0.25) is 0 Å². The summed E-state index contributed by atoms with van der Waals surface area (Å²) >= 11 is 12.1. The molecule has 0 aliphatic rings. The van der Waals surface area contributed by atoms with Crippen LogP contribution in [-0.4, -0.2) is 24.9 Å². The van der Waals surface area contributed by atoms with Gasteiger partial charge in [0, 0.05) is 11.3 Å². The highest BCUT2D eigenvalue weighted by Gasteiger charge is 2.19. The van der Waals surface area contributed by atoms with Crippen molar-refractivity contribution >= 4 is 34.8 Å². The third kappa shape index (κ3) is 3.29. The summed E-state index contributed by atoms with van der Waals surface area (Å²) in [4.78, 5) is 13.7. The first kappa shape index (κ1) is 15.6. The quantitative estimate of drug-likeness (QED) is 0.874. The predicted octanol–water partition coefficient (Wildman–Crippen LogP) is 3.60. The van der Waals surface area contributed by atoms with Crippen LogP contribution in [0, 0.1) is 0 Å². The summed E-state index contributed by atoms with van der Waals surface area (Å²) in [6, 6.07) is 11.7. The number of methoxy groups -OCH3 is 1. The van der Waals surface area contributed by atoms with Gasteiger partial charge in [0.1, 0.15) is 6.73 Å². The van der Waals surface area contributed by atoms with Crippen LogP contribution >= 0.6 is 23.2 Å². The molecule has 0 aromatic heterocycles. The molecule has 0 saturated heterocycles. The average molecular weight is 326 g/mol. The molecule has 0 bridgehead atoms. The normalized spacial score (nSPS) is 10.3. The topological polar surface area (TPSA) is 49.8 Å². The number of benzene rings is 2. The molecule has 0 saturated carbocycles. The van der Waals surface area contributed by atoms with Crippen LogP contribution in [0.1, 0.15) is 10.4 Å². The Bertz CT molecular complexity index is 624. The summed E-state index contributed by atoms with van der Waals surface area (Å²) in [5.74, 6) is -0.0969. The molecular formula is C15H13Cl2NO3. The Morgan fingerprint density at radius 1 is 1.19 bits per heavy atom. The molecule has 0 spiro atoms. The lowest BCUT2D eigenvalue weighted by molar-refractivity contribution is 0.0960. The van der Waals surface area contributed by atoms with Crippen molar-refractivity contribution in [1.82, 2.24) is 0 Å². The van der Waals surface area contributed by atoms with Crippen LogP contribution in [-0.2, 0) is 0 Å². The van der Waals surface area contributed by atoms with E-state index in [-0.39, 0.29) is 15.6 Å². The minimum absolute atomic E-state index is 0.235. The van der Waals surface area contributed by atoms with Gasteiger partial charge in [0.25, 0.3) is 5.91 Å². The monoisotopic (exact) mass is 325 g/mol. The lowest BCUT2D eigenvalue weighted by atomic mass is 10.1. The van der Waals surface area contributed by atoms with Crippen LogP contribution < -0.4 is 9.64 Å². The fourth-order valence-electron chi connectivity index (χ4n) is 1.91. The van der Waals surface area contributed by atoms with E-state index in [1.165, 1.54) is 24.1 Å². The number of para-hydroxylation sites is 1. The number of nitrogens with zero attached hydrogens (tertiary/aromatic N) is 1. The zero-order valence-electron chi connectivity index (χ0n) is 11.2. The maximum atomic E-state index is 12.5. The molecule has 1 N–H and O–H groups in total. The highest BCUT2D eigenvalue weighted by molar-refractivity contribution is 6.37. The van der Waals surface area contributed by atoms with Gasteiger partial charge in [0.15, 0.2) is 5.75 Å². The molecule has 110 valence electrons. The number of ether oxygens (including phenoxy) is 1. The van der Waals surface area contributed by atoms with Crippen LogP contribution in [0.2, 0.25) is 10.0 Å². The van der Waals surface area contributed by atoms with E-state index in [4.69, 9.17) is 27.9 Å². The van der Waals surface area contributed by atoms with Crippen molar-refractivity contribution in [2.24, 2.45) is 0 Å². The fraction of sp³-hybridized carbons (Fsp3) is 0.133. The first-order valence-electron chi connectivity index (χ1n) is 6.09. The molecule has 0 atom stereocenters. The Labute approximate surface area is 132 Å². The second kappa shape index (κ2) is 6.80. The van der Waals surface area contributed by atoms with E-state index in [0.29, 0.717) is 11.4 Å². The van der Waals surface area contributed by atoms with Crippen LogP contribution in [0.3, 0.4) is 0 Å². The van der Waals surface area contributed by atoms with Crippen LogP contribution in [0.25, 0.3) is 0 Å². The van der Waals surface area contributed by atoms with E-state index < -0.39 is 12.6 Å². The van der Waals surface area contributed by atoms with Crippen molar-refractivity contribution in [2.75, 3.05) is 18.7 Å². The molecular weight excluding hydrogens is 313 g/mol. The second-order valence-electron chi connectivity index (χ2n) is 4.18. The maximum absolute atomic E-state index is 12.5. The maximum Gasteiger partial charge on any atom is 0.260 e. The average Bonchev–Trinajstić information content (AvgIpc) is 2.48. The van der Waals surface area contributed by atoms with E-state index in [1.54, 1.807) is 24.3 Å². The van der Waals surface area contributed by atoms with Crippen molar-refractivity contribution in [3.8, 4) is 5.75 Å². The Balaban J connectivity index is 2.39. The molecule has 0 unspecified atom stereocenters. The lowest BCUT2D eigenvalue weighted by Gasteiger charge is -2.20. The number of carbonyl (C=O) groups is 1. The molecule has 0 heterocycles. The van der Waals surface area contributed by atoms with Crippen molar-refractivity contribution in [3.05, 3.63) is 58.1 Å². The predicted molar refractivity (Wildman–Crippen MR) is 83.4 cm³/mol. The molecule has 4 nitrogen and oxygen atoms in total. The highest BCUT2D eigenvalue weighted by atomic mass is 35.5. The number of aliphatic hydroxyl groups excluding tert-OH is 1. The summed E-state index contributed by atoms with van der Waals surface area (Å²) < 4.78 is 5.04. The molecule has 6 heteroatoms.